The minimum atomic E-state index is -0.0985. The highest BCUT2D eigenvalue weighted by Crippen LogP contribution is 2.27. The molecular weight excluding hydrogens is 520 g/mol. The molecule has 0 radical (unpaired) electrons. The topological polar surface area (TPSA) is 194 Å². The highest BCUT2D eigenvalue weighted by atomic mass is 35.5. The van der Waals surface area contributed by atoms with Crippen LogP contribution < -0.4 is 22.1 Å². The van der Waals surface area contributed by atoms with Crippen molar-refractivity contribution < 1.29 is 11.6 Å². The smallest absolute Gasteiger partial charge is 0.222 e. The lowest BCUT2D eigenvalue weighted by Crippen LogP contribution is -2.24. The molecule has 0 spiro atoms. The zero-order chi connectivity index (χ0) is 28.5. The minimum absolute atomic E-state index is 0. The number of aliphatic hydroxyl groups excluding tert-OH is 2. The highest BCUT2D eigenvalue weighted by Gasteiger charge is 2.15. The maximum absolute atomic E-state index is 9.39. The Balaban J connectivity index is 0.000000274. The van der Waals surface area contributed by atoms with Crippen LogP contribution in [-0.2, 0) is 0 Å². The summed E-state index contributed by atoms with van der Waals surface area (Å²) in [6, 6.07) is 5.33. The van der Waals surface area contributed by atoms with Crippen LogP contribution in [0.1, 0.15) is 52.3 Å². The highest BCUT2D eigenvalue weighted by molar-refractivity contribution is 6.35. The fourth-order valence-electron chi connectivity index (χ4n) is 4.04. The maximum Gasteiger partial charge on any atom is 0.222 e. The molecule has 13 heteroatoms. The number of halogens is 1. The quantitative estimate of drug-likeness (QED) is 0.165. The molecule has 0 saturated heterocycles. The first-order chi connectivity index (χ1) is 18.7. The van der Waals surface area contributed by atoms with Crippen LogP contribution in [0.25, 0.3) is 22.1 Å². The van der Waals surface area contributed by atoms with Crippen LogP contribution in [0.5, 0.6) is 0 Å². The van der Waals surface area contributed by atoms with E-state index in [0.29, 0.717) is 38.7 Å². The number of hydrogen-bond donors (Lipinski definition) is 6. The van der Waals surface area contributed by atoms with Gasteiger partial charge in [-0.25, -0.2) is 19.9 Å². The van der Waals surface area contributed by atoms with Crippen LogP contribution in [0, 0.1) is 13.8 Å². The molecule has 0 amide bonds. The zero-order valence-electron chi connectivity index (χ0n) is 22.7. The van der Waals surface area contributed by atoms with Crippen LogP contribution in [0.2, 0.25) is 5.02 Å². The summed E-state index contributed by atoms with van der Waals surface area (Å²) >= 11 is 6.17. The summed E-state index contributed by atoms with van der Waals surface area (Å²) in [6.07, 6.45) is 3.60. The van der Waals surface area contributed by atoms with Gasteiger partial charge >= 0.3 is 0 Å². The molecule has 39 heavy (non-hydrogen) atoms. The van der Waals surface area contributed by atoms with Crippen LogP contribution >= 0.6 is 11.6 Å². The van der Waals surface area contributed by atoms with E-state index >= 15 is 0 Å². The van der Waals surface area contributed by atoms with E-state index in [4.69, 9.17) is 23.1 Å². The molecule has 4 rings (SSSR count). The lowest BCUT2D eigenvalue weighted by molar-refractivity contribution is 0.268. The van der Waals surface area contributed by atoms with Gasteiger partial charge in [0.1, 0.15) is 16.6 Å². The van der Waals surface area contributed by atoms with Crippen LogP contribution in [-0.4, -0.2) is 65.4 Å². The molecular formula is C26H39ClN10O2. The van der Waals surface area contributed by atoms with Gasteiger partial charge in [0.15, 0.2) is 11.6 Å². The van der Waals surface area contributed by atoms with Crippen molar-refractivity contribution in [1.29, 1.82) is 0 Å². The third kappa shape index (κ3) is 7.94. The SMILES string of the molecule is CCC[C@@H](CO)Nc1nc(N)nc2c(Cl)cc(C)nc12.CCC[C@@H](CO)Nc1nc(N)nc2ccc(C)nc12.[HH]. The van der Waals surface area contributed by atoms with E-state index in [0.717, 1.165) is 37.1 Å². The summed E-state index contributed by atoms with van der Waals surface area (Å²) in [7, 11) is 0. The van der Waals surface area contributed by atoms with Gasteiger partial charge in [-0.15, -0.1) is 0 Å². The molecule has 4 aromatic heterocycles. The minimum Gasteiger partial charge on any atom is -0.394 e. The maximum atomic E-state index is 9.39. The van der Waals surface area contributed by atoms with Crippen molar-refractivity contribution in [2.75, 3.05) is 35.3 Å². The van der Waals surface area contributed by atoms with E-state index < -0.39 is 0 Å². The second kappa shape index (κ2) is 14.0. The first-order valence-electron chi connectivity index (χ1n) is 12.9. The molecule has 0 aliphatic carbocycles. The molecule has 8 N–H and O–H groups in total. The first-order valence-corrected chi connectivity index (χ1v) is 13.3. The van der Waals surface area contributed by atoms with Gasteiger partial charge in [-0.3, -0.25) is 0 Å². The summed E-state index contributed by atoms with van der Waals surface area (Å²) in [6.45, 7) is 7.94. The molecule has 0 aromatic carbocycles. The molecule has 12 nitrogen and oxygen atoms in total. The van der Waals surface area contributed by atoms with Gasteiger partial charge in [-0.2, -0.15) is 9.97 Å². The second-order valence-corrected chi connectivity index (χ2v) is 9.66. The van der Waals surface area contributed by atoms with Gasteiger partial charge in [-0.05, 0) is 44.9 Å². The molecule has 0 bridgehead atoms. The Labute approximate surface area is 234 Å². The number of nitrogens with one attached hydrogen (secondary N) is 2. The Bertz CT molecular complexity index is 1410. The summed E-state index contributed by atoms with van der Waals surface area (Å²) in [4.78, 5) is 25.5. The Morgan fingerprint density at radius 3 is 1.87 bits per heavy atom. The zero-order valence-corrected chi connectivity index (χ0v) is 23.5. The van der Waals surface area contributed by atoms with Crippen molar-refractivity contribution in [1.82, 2.24) is 29.9 Å². The average molecular weight is 559 g/mol. The normalized spacial score (nSPS) is 12.6. The standard InChI is InChI=1S/C13H18ClN5O.C13H19N5O.H2/c1-3-4-8(6-20)17-12-11-10(18-13(15)19-12)9(14)5-7(2)16-11;1-3-4-9(7-19)16-12-11-10(17-13(14)18-12)6-5-8(2)15-11;/h5,8,20H,3-4,6H2,1-2H3,(H3,15,17,18,19);5-6,9,19H,3-4,7H2,1-2H3,(H3,14,16,17,18);1H/t8-;9-;/m00./s1. The van der Waals surface area contributed by atoms with Gasteiger partial charge < -0.3 is 32.3 Å². The van der Waals surface area contributed by atoms with E-state index in [2.05, 4.69) is 54.4 Å². The number of rotatable bonds is 10. The summed E-state index contributed by atoms with van der Waals surface area (Å²) < 4.78 is 0. The van der Waals surface area contributed by atoms with Crippen molar-refractivity contribution >= 4 is 57.2 Å². The van der Waals surface area contributed by atoms with Crippen molar-refractivity contribution in [3.8, 4) is 0 Å². The number of pyridine rings is 2. The van der Waals surface area contributed by atoms with Crippen molar-refractivity contribution in [2.45, 2.75) is 65.5 Å². The van der Waals surface area contributed by atoms with Crippen molar-refractivity contribution in [2.24, 2.45) is 0 Å². The van der Waals surface area contributed by atoms with E-state index in [1.807, 2.05) is 26.0 Å². The first kappa shape index (κ1) is 29.9. The predicted molar refractivity (Wildman–Crippen MR) is 159 cm³/mol. The van der Waals surface area contributed by atoms with Crippen LogP contribution in [0.4, 0.5) is 23.5 Å². The van der Waals surface area contributed by atoms with Crippen LogP contribution in [0.15, 0.2) is 18.2 Å². The molecule has 212 valence electrons. The largest absolute Gasteiger partial charge is 0.394 e. The number of nitrogen functional groups attached to an aromatic ring is 2. The molecule has 0 saturated carbocycles. The van der Waals surface area contributed by atoms with E-state index in [-0.39, 0.29) is 38.6 Å². The van der Waals surface area contributed by atoms with Crippen molar-refractivity contribution in [3.63, 3.8) is 0 Å². The Morgan fingerprint density at radius 2 is 1.31 bits per heavy atom. The lowest BCUT2D eigenvalue weighted by atomic mass is 10.2. The van der Waals surface area contributed by atoms with E-state index in [1.54, 1.807) is 6.07 Å². The fraction of sp³-hybridized carbons (Fsp3) is 0.462. The second-order valence-electron chi connectivity index (χ2n) is 9.25. The predicted octanol–water partition coefficient (Wildman–Crippen LogP) is 3.88. The number of anilines is 4. The number of hydrogen-bond acceptors (Lipinski definition) is 12. The number of nitrogens with two attached hydrogens (primary N) is 2. The van der Waals surface area contributed by atoms with Gasteiger partial charge in [0.25, 0.3) is 0 Å². The molecule has 4 aromatic rings. The van der Waals surface area contributed by atoms with Crippen molar-refractivity contribution in [3.05, 3.63) is 34.6 Å². The summed E-state index contributed by atoms with van der Waals surface area (Å²) in [5.41, 5.74) is 15.5. The van der Waals surface area contributed by atoms with Crippen LogP contribution in [0.3, 0.4) is 0 Å². The number of nitrogens with zero attached hydrogens (tertiary/aromatic N) is 6. The number of aromatic nitrogens is 6. The summed E-state index contributed by atoms with van der Waals surface area (Å²) in [5, 5.41) is 25.6. The summed E-state index contributed by atoms with van der Waals surface area (Å²) in [5.74, 6) is 1.42. The lowest BCUT2D eigenvalue weighted by Gasteiger charge is -2.17. The number of aryl methyl sites for hydroxylation is 2. The Morgan fingerprint density at radius 1 is 0.769 bits per heavy atom. The molecule has 0 aliphatic rings. The van der Waals surface area contributed by atoms with Gasteiger partial charge in [0, 0.05) is 12.8 Å². The Kier molecular flexibility index (Phi) is 10.7. The van der Waals surface area contributed by atoms with Gasteiger partial charge in [-0.1, -0.05) is 38.3 Å². The molecule has 4 heterocycles. The molecule has 0 aliphatic heterocycles. The molecule has 2 atom stereocenters. The van der Waals surface area contributed by atoms with E-state index in [9.17, 15) is 10.2 Å². The monoisotopic (exact) mass is 558 g/mol. The number of aliphatic hydroxyl groups is 2. The van der Waals surface area contributed by atoms with E-state index in [1.165, 1.54) is 0 Å². The third-order valence-corrected chi connectivity index (χ3v) is 6.13. The molecule has 0 unspecified atom stereocenters. The van der Waals surface area contributed by atoms with Gasteiger partial charge in [0.2, 0.25) is 11.9 Å². The Hall–Kier alpha value is -3.61. The fourth-order valence-corrected chi connectivity index (χ4v) is 4.33. The van der Waals surface area contributed by atoms with Gasteiger partial charge in [0.05, 0.1) is 35.8 Å². The third-order valence-electron chi connectivity index (χ3n) is 5.85. The average Bonchev–Trinajstić information content (AvgIpc) is 2.89. The number of fused-ring (bicyclic) bond motifs is 2. The molecule has 0 fully saturated rings.